The SMILES string of the molecule is O=C(O)CN(C(=O)CNC(=O)NCc1ccco1)C1CC1. The number of nitrogens with zero attached hydrogens (tertiary/aromatic N) is 1. The zero-order valence-electron chi connectivity index (χ0n) is 11.4. The predicted octanol–water partition coefficient (Wildman–Crippen LogP) is 0.154. The first-order valence-corrected chi connectivity index (χ1v) is 6.61. The Morgan fingerprint density at radius 3 is 2.67 bits per heavy atom. The van der Waals surface area contributed by atoms with Crippen LogP contribution in [0.1, 0.15) is 18.6 Å². The number of furan rings is 1. The van der Waals surface area contributed by atoms with E-state index in [2.05, 4.69) is 10.6 Å². The number of nitrogens with one attached hydrogen (secondary N) is 2. The van der Waals surface area contributed by atoms with Crippen LogP contribution in [-0.2, 0) is 16.1 Å². The van der Waals surface area contributed by atoms with Gasteiger partial charge in [0.15, 0.2) is 0 Å². The van der Waals surface area contributed by atoms with Gasteiger partial charge in [-0.1, -0.05) is 0 Å². The summed E-state index contributed by atoms with van der Waals surface area (Å²) in [4.78, 5) is 35.4. The molecule has 0 atom stereocenters. The van der Waals surface area contributed by atoms with Crippen LogP contribution < -0.4 is 10.6 Å². The number of amides is 3. The first kappa shape index (κ1) is 14.9. The third-order valence-corrected chi connectivity index (χ3v) is 3.02. The zero-order chi connectivity index (χ0) is 15.2. The maximum Gasteiger partial charge on any atom is 0.323 e. The van der Waals surface area contributed by atoms with Gasteiger partial charge in [0.25, 0.3) is 0 Å². The summed E-state index contributed by atoms with van der Waals surface area (Å²) in [5, 5.41) is 13.7. The van der Waals surface area contributed by atoms with Crippen molar-refractivity contribution < 1.29 is 23.9 Å². The molecule has 2 rings (SSSR count). The van der Waals surface area contributed by atoms with Crippen LogP contribution in [0.25, 0.3) is 0 Å². The van der Waals surface area contributed by atoms with Crippen LogP contribution in [0.5, 0.6) is 0 Å². The molecule has 1 heterocycles. The minimum atomic E-state index is -1.06. The molecule has 0 saturated heterocycles. The van der Waals surface area contributed by atoms with E-state index in [1.165, 1.54) is 11.2 Å². The predicted molar refractivity (Wildman–Crippen MR) is 71.3 cm³/mol. The molecule has 0 radical (unpaired) electrons. The first-order valence-electron chi connectivity index (χ1n) is 6.61. The Bertz CT molecular complexity index is 510. The van der Waals surface area contributed by atoms with Gasteiger partial charge in [0, 0.05) is 6.04 Å². The number of aliphatic carboxylic acids is 1. The summed E-state index contributed by atoms with van der Waals surface area (Å²) in [6.45, 7) is -0.346. The zero-order valence-corrected chi connectivity index (χ0v) is 11.4. The molecule has 0 aromatic carbocycles. The number of hydrogen-bond acceptors (Lipinski definition) is 4. The van der Waals surface area contributed by atoms with Gasteiger partial charge in [0.2, 0.25) is 5.91 Å². The summed E-state index contributed by atoms with van der Waals surface area (Å²) >= 11 is 0. The molecule has 0 unspecified atom stereocenters. The molecular formula is C13H17N3O5. The van der Waals surface area contributed by atoms with E-state index in [9.17, 15) is 14.4 Å². The van der Waals surface area contributed by atoms with Crippen LogP contribution in [-0.4, -0.2) is 47.0 Å². The van der Waals surface area contributed by atoms with Crippen molar-refractivity contribution in [2.75, 3.05) is 13.1 Å². The molecule has 1 saturated carbocycles. The Hall–Kier alpha value is -2.51. The normalized spacial score (nSPS) is 13.5. The van der Waals surface area contributed by atoms with Crippen LogP contribution in [0.2, 0.25) is 0 Å². The third-order valence-electron chi connectivity index (χ3n) is 3.02. The van der Waals surface area contributed by atoms with E-state index in [1.54, 1.807) is 12.1 Å². The molecule has 1 aliphatic rings. The molecule has 0 aliphatic heterocycles. The van der Waals surface area contributed by atoms with Gasteiger partial charge >= 0.3 is 12.0 Å². The second kappa shape index (κ2) is 6.78. The fourth-order valence-corrected chi connectivity index (χ4v) is 1.85. The number of hydrogen-bond donors (Lipinski definition) is 3. The van der Waals surface area contributed by atoms with Gasteiger partial charge in [-0.15, -0.1) is 0 Å². The van der Waals surface area contributed by atoms with Crippen LogP contribution in [0.4, 0.5) is 4.79 Å². The summed E-state index contributed by atoms with van der Waals surface area (Å²) in [6.07, 6.45) is 3.12. The lowest BCUT2D eigenvalue weighted by Gasteiger charge is -2.20. The average molecular weight is 295 g/mol. The Balaban J connectivity index is 1.71. The molecule has 114 valence electrons. The van der Waals surface area contributed by atoms with Gasteiger partial charge in [0.1, 0.15) is 12.3 Å². The van der Waals surface area contributed by atoms with E-state index in [0.717, 1.165) is 12.8 Å². The maximum absolute atomic E-state index is 11.9. The van der Waals surface area contributed by atoms with Gasteiger partial charge < -0.3 is 25.1 Å². The molecule has 1 aliphatic carbocycles. The Kier molecular flexibility index (Phi) is 4.81. The first-order chi connectivity index (χ1) is 10.1. The molecule has 3 N–H and O–H groups in total. The van der Waals surface area contributed by atoms with E-state index in [1.807, 2.05) is 0 Å². The molecular weight excluding hydrogens is 278 g/mol. The lowest BCUT2D eigenvalue weighted by molar-refractivity contribution is -0.144. The monoisotopic (exact) mass is 295 g/mol. The summed E-state index contributed by atoms with van der Waals surface area (Å²) in [7, 11) is 0. The Morgan fingerprint density at radius 1 is 1.33 bits per heavy atom. The van der Waals surface area contributed by atoms with Crippen LogP contribution in [0, 0.1) is 0 Å². The van der Waals surface area contributed by atoms with Crippen LogP contribution >= 0.6 is 0 Å². The Morgan fingerprint density at radius 2 is 2.10 bits per heavy atom. The van der Waals surface area contributed by atoms with Crippen molar-refractivity contribution in [1.82, 2.24) is 15.5 Å². The molecule has 8 heteroatoms. The van der Waals surface area contributed by atoms with E-state index in [-0.39, 0.29) is 25.7 Å². The fraction of sp³-hybridized carbons (Fsp3) is 0.462. The van der Waals surface area contributed by atoms with Gasteiger partial charge in [0.05, 0.1) is 19.4 Å². The molecule has 0 bridgehead atoms. The number of carboxylic acid groups (broad SMARTS) is 1. The third kappa shape index (κ3) is 4.83. The highest BCUT2D eigenvalue weighted by atomic mass is 16.4. The van der Waals surface area contributed by atoms with E-state index < -0.39 is 17.9 Å². The van der Waals surface area contributed by atoms with Gasteiger partial charge in [-0.25, -0.2) is 4.79 Å². The van der Waals surface area contributed by atoms with Gasteiger partial charge in [-0.05, 0) is 25.0 Å². The minimum Gasteiger partial charge on any atom is -0.480 e. The molecule has 1 fully saturated rings. The molecule has 1 aromatic rings. The van der Waals surface area contributed by atoms with Crippen LogP contribution in [0.3, 0.4) is 0 Å². The second-order valence-electron chi connectivity index (χ2n) is 4.76. The molecule has 21 heavy (non-hydrogen) atoms. The van der Waals surface area contributed by atoms with Gasteiger partial charge in [-0.3, -0.25) is 9.59 Å². The van der Waals surface area contributed by atoms with E-state index >= 15 is 0 Å². The summed E-state index contributed by atoms with van der Waals surface area (Å²) in [5.41, 5.74) is 0. The number of carboxylic acids is 1. The number of urea groups is 1. The molecule has 8 nitrogen and oxygen atoms in total. The van der Waals surface area contributed by atoms with Crippen molar-refractivity contribution in [3.63, 3.8) is 0 Å². The summed E-state index contributed by atoms with van der Waals surface area (Å²) in [6, 6.07) is 2.90. The maximum atomic E-state index is 11.9. The number of rotatable bonds is 7. The fourth-order valence-electron chi connectivity index (χ4n) is 1.85. The second-order valence-corrected chi connectivity index (χ2v) is 4.76. The summed E-state index contributed by atoms with van der Waals surface area (Å²) < 4.78 is 5.05. The molecule has 3 amide bonds. The highest BCUT2D eigenvalue weighted by Crippen LogP contribution is 2.26. The lowest BCUT2D eigenvalue weighted by Crippen LogP contribution is -2.45. The van der Waals surface area contributed by atoms with Crippen molar-refractivity contribution >= 4 is 17.9 Å². The van der Waals surface area contributed by atoms with E-state index in [4.69, 9.17) is 9.52 Å². The van der Waals surface area contributed by atoms with Crippen molar-refractivity contribution in [2.45, 2.75) is 25.4 Å². The van der Waals surface area contributed by atoms with Crippen molar-refractivity contribution in [3.05, 3.63) is 24.2 Å². The minimum absolute atomic E-state index is 0.0124. The quantitative estimate of drug-likeness (QED) is 0.663. The lowest BCUT2D eigenvalue weighted by atomic mass is 10.4. The van der Waals surface area contributed by atoms with Crippen molar-refractivity contribution in [3.8, 4) is 0 Å². The number of carbonyl (C=O) groups is 3. The number of carbonyl (C=O) groups excluding carboxylic acids is 2. The molecule has 1 aromatic heterocycles. The summed E-state index contributed by atoms with van der Waals surface area (Å²) in [5.74, 6) is -0.854. The topological polar surface area (TPSA) is 112 Å². The average Bonchev–Trinajstić information content (AvgIpc) is 3.15. The molecule has 0 spiro atoms. The standard InChI is InChI=1S/C13H17N3O5/c17-11(16(8-12(18)19)9-3-4-9)7-15-13(20)14-6-10-2-1-5-21-10/h1-2,5,9H,3-4,6-8H2,(H,18,19)(H2,14,15,20). The van der Waals surface area contributed by atoms with Crippen LogP contribution in [0.15, 0.2) is 22.8 Å². The van der Waals surface area contributed by atoms with Gasteiger partial charge in [-0.2, -0.15) is 0 Å². The van der Waals surface area contributed by atoms with Crippen molar-refractivity contribution in [2.24, 2.45) is 0 Å². The highest BCUT2D eigenvalue weighted by molar-refractivity contribution is 5.86. The highest BCUT2D eigenvalue weighted by Gasteiger charge is 2.33. The van der Waals surface area contributed by atoms with Crippen molar-refractivity contribution in [1.29, 1.82) is 0 Å². The Labute approximate surface area is 121 Å². The van der Waals surface area contributed by atoms with E-state index in [0.29, 0.717) is 5.76 Å². The smallest absolute Gasteiger partial charge is 0.323 e. The largest absolute Gasteiger partial charge is 0.480 e.